The monoisotopic (exact) mass is 337 g/mol. The largest absolute Gasteiger partial charge is 0.486 e. The number of carbonyl (C=O) groups excluding carboxylic acids is 1. The summed E-state index contributed by atoms with van der Waals surface area (Å²) in [6, 6.07) is 8.24. The quantitative estimate of drug-likeness (QED) is 0.724. The van der Waals surface area contributed by atoms with Crippen molar-refractivity contribution in [1.82, 2.24) is 14.9 Å². The predicted octanol–water partition coefficient (Wildman–Crippen LogP) is 1.79. The molecule has 0 N–H and O–H groups in total. The Balaban J connectivity index is 1.42. The third kappa shape index (κ3) is 3.08. The molecule has 0 bridgehead atoms. The minimum Gasteiger partial charge on any atom is -0.486 e. The van der Waals surface area contributed by atoms with Crippen LogP contribution in [0.25, 0.3) is 11.0 Å². The molecule has 0 aliphatic carbocycles. The second-order valence-corrected chi connectivity index (χ2v) is 5.93. The Hall–Kier alpha value is -3.22. The number of fused-ring (bicyclic) bond motifs is 1. The van der Waals surface area contributed by atoms with Crippen LogP contribution in [0.15, 0.2) is 51.9 Å². The lowest BCUT2D eigenvalue weighted by molar-refractivity contribution is 0.0175. The van der Waals surface area contributed by atoms with Crippen molar-refractivity contribution in [3.8, 4) is 5.75 Å². The fourth-order valence-corrected chi connectivity index (χ4v) is 2.79. The van der Waals surface area contributed by atoms with Gasteiger partial charge in [0.1, 0.15) is 17.6 Å². The minimum atomic E-state index is -0.445. The van der Waals surface area contributed by atoms with Crippen LogP contribution in [0.4, 0.5) is 0 Å². The molecule has 1 aliphatic rings. The first-order valence-corrected chi connectivity index (χ1v) is 7.87. The number of amides is 1. The van der Waals surface area contributed by atoms with Crippen molar-refractivity contribution in [2.24, 2.45) is 0 Å². The number of aromatic nitrogens is 2. The number of hydrogen-bond donors (Lipinski definition) is 0. The van der Waals surface area contributed by atoms with Crippen LogP contribution in [0.2, 0.25) is 0 Å². The molecule has 1 amide bonds. The van der Waals surface area contributed by atoms with Crippen LogP contribution in [0.5, 0.6) is 5.75 Å². The first-order valence-electron chi connectivity index (χ1n) is 7.87. The van der Waals surface area contributed by atoms with E-state index in [4.69, 9.17) is 9.15 Å². The average molecular weight is 337 g/mol. The molecule has 0 radical (unpaired) electrons. The van der Waals surface area contributed by atoms with Crippen molar-refractivity contribution < 1.29 is 13.9 Å². The molecule has 0 unspecified atom stereocenters. The highest BCUT2D eigenvalue weighted by Gasteiger charge is 2.33. The summed E-state index contributed by atoms with van der Waals surface area (Å²) in [5.74, 6) is 0.884. The minimum absolute atomic E-state index is 0.0730. The highest BCUT2D eigenvalue weighted by molar-refractivity contribution is 5.97. The zero-order chi connectivity index (χ0) is 17.4. The fourth-order valence-electron chi connectivity index (χ4n) is 2.79. The molecular formula is C18H15N3O4. The molecule has 7 nitrogen and oxygen atoms in total. The van der Waals surface area contributed by atoms with Gasteiger partial charge >= 0.3 is 5.63 Å². The maximum Gasteiger partial charge on any atom is 0.339 e. The lowest BCUT2D eigenvalue weighted by Crippen LogP contribution is -2.56. The van der Waals surface area contributed by atoms with Gasteiger partial charge in [-0.3, -0.25) is 14.8 Å². The predicted molar refractivity (Wildman–Crippen MR) is 89.6 cm³/mol. The molecular weight excluding hydrogens is 322 g/mol. The highest BCUT2D eigenvalue weighted by Crippen LogP contribution is 2.21. The summed E-state index contributed by atoms with van der Waals surface area (Å²) < 4.78 is 10.6. The fraction of sp³-hybridized carbons (Fsp3) is 0.222. The Bertz CT molecular complexity index is 1010. The molecule has 3 aromatic rings. The molecule has 0 saturated carbocycles. The van der Waals surface area contributed by atoms with E-state index in [-0.39, 0.29) is 12.0 Å². The summed E-state index contributed by atoms with van der Waals surface area (Å²) in [5.41, 5.74) is 1.57. The number of ether oxygens (including phenoxy) is 1. The number of carbonyl (C=O) groups is 1. The van der Waals surface area contributed by atoms with E-state index >= 15 is 0 Å². The smallest absolute Gasteiger partial charge is 0.339 e. The number of hydrogen-bond acceptors (Lipinski definition) is 6. The summed E-state index contributed by atoms with van der Waals surface area (Å²) in [6.45, 7) is 2.63. The highest BCUT2D eigenvalue weighted by atomic mass is 16.5. The zero-order valence-corrected chi connectivity index (χ0v) is 13.5. The zero-order valence-electron chi connectivity index (χ0n) is 13.5. The van der Waals surface area contributed by atoms with Crippen molar-refractivity contribution in [3.63, 3.8) is 0 Å². The van der Waals surface area contributed by atoms with Gasteiger partial charge < -0.3 is 14.1 Å². The van der Waals surface area contributed by atoms with E-state index in [0.29, 0.717) is 35.7 Å². The van der Waals surface area contributed by atoms with Gasteiger partial charge in [-0.2, -0.15) is 0 Å². The average Bonchev–Trinajstić information content (AvgIpc) is 2.56. The maximum atomic E-state index is 12.5. The van der Waals surface area contributed by atoms with E-state index in [9.17, 15) is 9.59 Å². The second-order valence-electron chi connectivity index (χ2n) is 5.93. The number of aryl methyl sites for hydroxylation is 1. The summed E-state index contributed by atoms with van der Waals surface area (Å²) in [7, 11) is 0. The van der Waals surface area contributed by atoms with E-state index in [1.165, 1.54) is 6.07 Å². The van der Waals surface area contributed by atoms with E-state index in [1.54, 1.807) is 48.5 Å². The normalized spacial score (nSPS) is 14.4. The molecule has 1 saturated heterocycles. The SMILES string of the molecule is Cc1cc(OC2CN(C(=O)c3ccc4nccnc4c3)C2)cc(=O)o1. The van der Waals surface area contributed by atoms with Crippen LogP contribution in [-0.4, -0.2) is 40.0 Å². The molecule has 0 spiro atoms. The van der Waals surface area contributed by atoms with Crippen LogP contribution in [0.3, 0.4) is 0 Å². The third-order valence-electron chi connectivity index (χ3n) is 4.02. The number of likely N-dealkylation sites (tertiary alicyclic amines) is 1. The van der Waals surface area contributed by atoms with Gasteiger partial charge in [0.25, 0.3) is 5.91 Å². The Morgan fingerprint density at radius 3 is 2.68 bits per heavy atom. The lowest BCUT2D eigenvalue weighted by Gasteiger charge is -2.39. The molecule has 1 aliphatic heterocycles. The van der Waals surface area contributed by atoms with Crippen molar-refractivity contribution in [3.05, 3.63) is 64.5 Å². The van der Waals surface area contributed by atoms with Gasteiger partial charge in [0.2, 0.25) is 0 Å². The lowest BCUT2D eigenvalue weighted by atomic mass is 10.1. The number of rotatable bonds is 3. The Kier molecular flexibility index (Phi) is 3.68. The van der Waals surface area contributed by atoms with E-state index < -0.39 is 5.63 Å². The molecule has 2 aromatic heterocycles. The molecule has 3 heterocycles. The summed E-state index contributed by atoms with van der Waals surface area (Å²) >= 11 is 0. The molecule has 7 heteroatoms. The van der Waals surface area contributed by atoms with Crippen LogP contribution in [0, 0.1) is 6.92 Å². The van der Waals surface area contributed by atoms with Crippen LogP contribution >= 0.6 is 0 Å². The van der Waals surface area contributed by atoms with Gasteiger partial charge in [-0.15, -0.1) is 0 Å². The Labute approximate surface area is 142 Å². The van der Waals surface area contributed by atoms with Crippen LogP contribution in [0.1, 0.15) is 16.1 Å². The first kappa shape index (κ1) is 15.3. The van der Waals surface area contributed by atoms with E-state index in [2.05, 4.69) is 9.97 Å². The van der Waals surface area contributed by atoms with Gasteiger partial charge in [0, 0.05) is 24.0 Å². The molecule has 1 aromatic carbocycles. The van der Waals surface area contributed by atoms with Crippen molar-refractivity contribution in [1.29, 1.82) is 0 Å². The van der Waals surface area contributed by atoms with Gasteiger partial charge in [-0.25, -0.2) is 4.79 Å². The van der Waals surface area contributed by atoms with Gasteiger partial charge in [0.15, 0.2) is 0 Å². The molecule has 25 heavy (non-hydrogen) atoms. The van der Waals surface area contributed by atoms with Gasteiger partial charge in [0.05, 0.1) is 30.2 Å². The van der Waals surface area contributed by atoms with E-state index in [1.807, 2.05) is 0 Å². The maximum absolute atomic E-state index is 12.5. The van der Waals surface area contributed by atoms with Crippen molar-refractivity contribution in [2.75, 3.05) is 13.1 Å². The summed E-state index contributed by atoms with van der Waals surface area (Å²) in [5, 5.41) is 0. The molecule has 0 atom stereocenters. The van der Waals surface area contributed by atoms with Crippen molar-refractivity contribution in [2.45, 2.75) is 13.0 Å². The third-order valence-corrected chi connectivity index (χ3v) is 4.02. The topological polar surface area (TPSA) is 85.5 Å². The van der Waals surface area contributed by atoms with E-state index in [0.717, 1.165) is 5.52 Å². The summed E-state index contributed by atoms with van der Waals surface area (Å²) in [4.78, 5) is 34.0. The molecule has 1 fully saturated rings. The summed E-state index contributed by atoms with van der Waals surface area (Å²) in [6.07, 6.45) is 3.08. The van der Waals surface area contributed by atoms with Gasteiger partial charge in [-0.05, 0) is 25.1 Å². The van der Waals surface area contributed by atoms with Gasteiger partial charge in [-0.1, -0.05) is 0 Å². The van der Waals surface area contributed by atoms with Crippen LogP contribution < -0.4 is 10.4 Å². The molecule has 4 rings (SSSR count). The first-order chi connectivity index (χ1) is 12.1. The Morgan fingerprint density at radius 2 is 1.92 bits per heavy atom. The van der Waals surface area contributed by atoms with Crippen molar-refractivity contribution >= 4 is 16.9 Å². The standard InChI is InChI=1S/C18H15N3O4/c1-11-6-13(8-17(22)24-11)25-14-9-21(10-14)18(23)12-2-3-15-16(7-12)20-5-4-19-15/h2-8,14H,9-10H2,1H3. The Morgan fingerprint density at radius 1 is 1.16 bits per heavy atom. The van der Waals surface area contributed by atoms with Crippen LogP contribution in [-0.2, 0) is 0 Å². The number of benzene rings is 1. The number of nitrogens with zero attached hydrogens (tertiary/aromatic N) is 3. The molecule has 126 valence electrons. The second kappa shape index (κ2) is 6.01.